The molecule has 0 radical (unpaired) electrons. The van der Waals surface area contributed by atoms with Gasteiger partial charge in [0.15, 0.2) is 0 Å². The number of nitrogens with one attached hydrogen (secondary N) is 1. The fourth-order valence-corrected chi connectivity index (χ4v) is 1.71. The molecule has 0 saturated heterocycles. The molecule has 2 unspecified atom stereocenters. The second kappa shape index (κ2) is 5.24. The number of hydrogen-bond donors (Lipinski definition) is 2. The first-order valence-electron chi connectivity index (χ1n) is 5.33. The Balaban J connectivity index is 3.07. The average molecular weight is 210 g/mol. The summed E-state index contributed by atoms with van der Waals surface area (Å²) >= 11 is 0. The summed E-state index contributed by atoms with van der Waals surface area (Å²) in [4.78, 5) is 0. The predicted molar refractivity (Wildman–Crippen MR) is 60.7 cm³/mol. The van der Waals surface area contributed by atoms with Gasteiger partial charge in [-0.2, -0.15) is 0 Å². The summed E-state index contributed by atoms with van der Waals surface area (Å²) in [6, 6.07) is 5.30. The van der Waals surface area contributed by atoms with Crippen LogP contribution in [0.15, 0.2) is 18.2 Å². The monoisotopic (exact) mass is 210 g/mol. The van der Waals surface area contributed by atoms with Crippen LogP contribution in [0.1, 0.15) is 37.4 Å². The molecular formula is C12H19FN2. The Morgan fingerprint density at radius 1 is 1.47 bits per heavy atom. The number of rotatable bonds is 4. The lowest BCUT2D eigenvalue weighted by Crippen LogP contribution is -2.33. The lowest BCUT2D eigenvalue weighted by Gasteiger charge is -2.23. The van der Waals surface area contributed by atoms with Crippen LogP contribution < -0.4 is 11.3 Å². The van der Waals surface area contributed by atoms with Crippen molar-refractivity contribution in [2.75, 3.05) is 0 Å². The van der Waals surface area contributed by atoms with E-state index in [-0.39, 0.29) is 11.9 Å². The molecule has 0 aliphatic rings. The molecule has 1 rings (SSSR count). The van der Waals surface area contributed by atoms with Crippen molar-refractivity contribution >= 4 is 0 Å². The standard InChI is InChI=1S/C12H19FN2/c1-4-8(2)12(15-14)10-7-5-6-9(3)11(10)13/h5-8,12,15H,4,14H2,1-3H3. The Morgan fingerprint density at radius 2 is 2.13 bits per heavy atom. The van der Waals surface area contributed by atoms with Gasteiger partial charge in [0, 0.05) is 5.56 Å². The molecule has 0 aliphatic carbocycles. The van der Waals surface area contributed by atoms with Gasteiger partial charge >= 0.3 is 0 Å². The summed E-state index contributed by atoms with van der Waals surface area (Å²) in [6.45, 7) is 5.90. The minimum Gasteiger partial charge on any atom is -0.271 e. The van der Waals surface area contributed by atoms with Gasteiger partial charge in [-0.3, -0.25) is 11.3 Å². The van der Waals surface area contributed by atoms with Crippen LogP contribution in [0.5, 0.6) is 0 Å². The largest absolute Gasteiger partial charge is 0.271 e. The third kappa shape index (κ3) is 2.55. The van der Waals surface area contributed by atoms with Crippen LogP contribution in [-0.4, -0.2) is 0 Å². The molecule has 0 aromatic heterocycles. The second-order valence-corrected chi connectivity index (χ2v) is 4.01. The third-order valence-corrected chi connectivity index (χ3v) is 2.95. The first-order valence-corrected chi connectivity index (χ1v) is 5.33. The molecule has 3 heteroatoms. The molecule has 1 aromatic carbocycles. The Kier molecular flexibility index (Phi) is 4.24. The van der Waals surface area contributed by atoms with Crippen molar-refractivity contribution < 1.29 is 4.39 Å². The highest BCUT2D eigenvalue weighted by atomic mass is 19.1. The number of hydrazine groups is 1. The zero-order valence-corrected chi connectivity index (χ0v) is 9.55. The molecule has 0 bridgehead atoms. The number of benzene rings is 1. The summed E-state index contributed by atoms with van der Waals surface area (Å²) < 4.78 is 13.8. The van der Waals surface area contributed by atoms with Crippen LogP contribution in [0.4, 0.5) is 4.39 Å². The first kappa shape index (κ1) is 12.1. The van der Waals surface area contributed by atoms with E-state index in [0.29, 0.717) is 17.0 Å². The smallest absolute Gasteiger partial charge is 0.130 e. The summed E-state index contributed by atoms with van der Waals surface area (Å²) in [5.74, 6) is 5.64. The van der Waals surface area contributed by atoms with Gasteiger partial charge in [0.2, 0.25) is 0 Å². The van der Waals surface area contributed by atoms with E-state index in [2.05, 4.69) is 19.3 Å². The highest BCUT2D eigenvalue weighted by Gasteiger charge is 2.20. The normalized spacial score (nSPS) is 15.0. The van der Waals surface area contributed by atoms with Gasteiger partial charge in [-0.15, -0.1) is 0 Å². The van der Waals surface area contributed by atoms with Crippen molar-refractivity contribution in [3.8, 4) is 0 Å². The molecule has 0 saturated carbocycles. The van der Waals surface area contributed by atoms with E-state index >= 15 is 0 Å². The maximum absolute atomic E-state index is 13.8. The van der Waals surface area contributed by atoms with E-state index in [1.165, 1.54) is 0 Å². The highest BCUT2D eigenvalue weighted by Crippen LogP contribution is 2.26. The summed E-state index contributed by atoms with van der Waals surface area (Å²) in [5, 5.41) is 0. The molecule has 84 valence electrons. The lowest BCUT2D eigenvalue weighted by molar-refractivity contribution is 0.370. The van der Waals surface area contributed by atoms with Gasteiger partial charge in [-0.1, -0.05) is 38.5 Å². The number of aryl methyl sites for hydroxylation is 1. The topological polar surface area (TPSA) is 38.0 Å². The van der Waals surface area contributed by atoms with Crippen molar-refractivity contribution in [2.24, 2.45) is 11.8 Å². The molecule has 15 heavy (non-hydrogen) atoms. The van der Waals surface area contributed by atoms with Crippen LogP contribution in [0.25, 0.3) is 0 Å². The van der Waals surface area contributed by atoms with Crippen LogP contribution in [0.3, 0.4) is 0 Å². The van der Waals surface area contributed by atoms with Gasteiger partial charge in [0.1, 0.15) is 5.82 Å². The minimum absolute atomic E-state index is 0.116. The fraction of sp³-hybridized carbons (Fsp3) is 0.500. The maximum Gasteiger partial charge on any atom is 0.130 e. The molecule has 0 amide bonds. The van der Waals surface area contributed by atoms with E-state index < -0.39 is 0 Å². The Bertz CT molecular complexity index is 325. The van der Waals surface area contributed by atoms with E-state index in [0.717, 1.165) is 6.42 Å². The molecule has 3 N–H and O–H groups in total. The van der Waals surface area contributed by atoms with E-state index in [4.69, 9.17) is 5.84 Å². The molecule has 0 spiro atoms. The lowest BCUT2D eigenvalue weighted by atomic mass is 9.92. The molecule has 0 heterocycles. The molecule has 2 nitrogen and oxygen atoms in total. The SMILES string of the molecule is CCC(C)C(NN)c1cccc(C)c1F. The second-order valence-electron chi connectivity index (χ2n) is 4.01. The third-order valence-electron chi connectivity index (χ3n) is 2.95. The van der Waals surface area contributed by atoms with Crippen LogP contribution in [-0.2, 0) is 0 Å². The number of halogens is 1. The Hall–Kier alpha value is -0.930. The van der Waals surface area contributed by atoms with Gasteiger partial charge in [0.25, 0.3) is 0 Å². The predicted octanol–water partition coefficient (Wildman–Crippen LogP) is 2.68. The van der Waals surface area contributed by atoms with E-state index in [1.54, 1.807) is 19.1 Å². The van der Waals surface area contributed by atoms with E-state index in [9.17, 15) is 4.39 Å². The maximum atomic E-state index is 13.8. The van der Waals surface area contributed by atoms with Crippen molar-refractivity contribution in [3.05, 3.63) is 35.1 Å². The molecule has 1 aromatic rings. The summed E-state index contributed by atoms with van der Waals surface area (Å²) in [6.07, 6.45) is 0.961. The summed E-state index contributed by atoms with van der Waals surface area (Å²) in [7, 11) is 0. The zero-order valence-electron chi connectivity index (χ0n) is 9.55. The average Bonchev–Trinajstić information content (AvgIpc) is 2.24. The van der Waals surface area contributed by atoms with Crippen LogP contribution >= 0.6 is 0 Å². The van der Waals surface area contributed by atoms with Crippen molar-refractivity contribution in [1.82, 2.24) is 5.43 Å². The van der Waals surface area contributed by atoms with Gasteiger partial charge in [-0.05, 0) is 18.4 Å². The number of nitrogens with two attached hydrogens (primary N) is 1. The van der Waals surface area contributed by atoms with Crippen LogP contribution in [0.2, 0.25) is 0 Å². The number of hydrogen-bond acceptors (Lipinski definition) is 2. The van der Waals surface area contributed by atoms with Crippen LogP contribution in [0, 0.1) is 18.7 Å². The molecule has 0 aliphatic heterocycles. The van der Waals surface area contributed by atoms with E-state index in [1.807, 2.05) is 6.07 Å². The first-order chi connectivity index (χ1) is 7.11. The summed E-state index contributed by atoms with van der Waals surface area (Å²) in [5.41, 5.74) is 4.02. The highest BCUT2D eigenvalue weighted by molar-refractivity contribution is 5.27. The van der Waals surface area contributed by atoms with Crippen molar-refractivity contribution in [3.63, 3.8) is 0 Å². The fourth-order valence-electron chi connectivity index (χ4n) is 1.71. The van der Waals surface area contributed by atoms with Crippen molar-refractivity contribution in [2.45, 2.75) is 33.2 Å². The van der Waals surface area contributed by atoms with Gasteiger partial charge in [-0.25, -0.2) is 4.39 Å². The van der Waals surface area contributed by atoms with Gasteiger partial charge in [0.05, 0.1) is 6.04 Å². The molecule has 2 atom stereocenters. The minimum atomic E-state index is -0.152. The molecule has 0 fully saturated rings. The Labute approximate surface area is 90.6 Å². The van der Waals surface area contributed by atoms with Crippen molar-refractivity contribution in [1.29, 1.82) is 0 Å². The van der Waals surface area contributed by atoms with Gasteiger partial charge < -0.3 is 0 Å². The Morgan fingerprint density at radius 3 is 2.67 bits per heavy atom. The quantitative estimate of drug-likeness (QED) is 0.592. The molecular weight excluding hydrogens is 191 g/mol. The zero-order chi connectivity index (χ0) is 11.4.